The van der Waals surface area contributed by atoms with Gasteiger partial charge in [-0.1, -0.05) is 44.2 Å². The number of hydrogen-bond acceptors (Lipinski definition) is 5. The molecule has 156 valence electrons. The fraction of sp³-hybridized carbons (Fsp3) is 0.500. The Labute approximate surface area is 176 Å². The first-order valence-corrected chi connectivity index (χ1v) is 10.9. The van der Waals surface area contributed by atoms with E-state index in [0.29, 0.717) is 19.7 Å². The summed E-state index contributed by atoms with van der Waals surface area (Å²) in [6.45, 7) is 7.57. The van der Waals surface area contributed by atoms with Crippen LogP contribution in [0.4, 0.5) is 0 Å². The SMILES string of the molecule is Cc1nc(COC2CCN(C(=O)C(NC(=O)Cc3ccccc3)C(C)C)C2)cs1. The quantitative estimate of drug-likeness (QED) is 0.720. The molecule has 29 heavy (non-hydrogen) atoms. The molecule has 1 aromatic carbocycles. The van der Waals surface area contributed by atoms with Crippen LogP contribution in [0.15, 0.2) is 35.7 Å². The zero-order chi connectivity index (χ0) is 20.8. The van der Waals surface area contributed by atoms with Crippen molar-refractivity contribution in [1.29, 1.82) is 0 Å². The first kappa shape index (κ1) is 21.5. The van der Waals surface area contributed by atoms with Crippen molar-refractivity contribution >= 4 is 23.2 Å². The van der Waals surface area contributed by atoms with Gasteiger partial charge in [-0.15, -0.1) is 11.3 Å². The van der Waals surface area contributed by atoms with Gasteiger partial charge in [0.15, 0.2) is 0 Å². The molecule has 2 aromatic rings. The second-order valence-corrected chi connectivity index (χ2v) is 8.88. The van der Waals surface area contributed by atoms with Crippen molar-refractivity contribution in [3.63, 3.8) is 0 Å². The van der Waals surface area contributed by atoms with E-state index in [1.807, 2.05) is 61.4 Å². The molecule has 1 fully saturated rings. The second kappa shape index (κ2) is 9.98. The minimum Gasteiger partial charge on any atom is -0.370 e. The number of thiazole rings is 1. The molecule has 1 N–H and O–H groups in total. The van der Waals surface area contributed by atoms with Crippen LogP contribution < -0.4 is 5.32 Å². The molecule has 6 nitrogen and oxygen atoms in total. The molecule has 0 radical (unpaired) electrons. The third-order valence-corrected chi connectivity index (χ3v) is 5.87. The summed E-state index contributed by atoms with van der Waals surface area (Å²) in [5, 5.41) is 5.97. The molecule has 2 atom stereocenters. The van der Waals surface area contributed by atoms with E-state index in [-0.39, 0.29) is 30.3 Å². The predicted molar refractivity (Wildman–Crippen MR) is 114 cm³/mol. The fourth-order valence-electron chi connectivity index (χ4n) is 3.46. The normalized spacial score (nSPS) is 17.5. The summed E-state index contributed by atoms with van der Waals surface area (Å²) in [4.78, 5) is 31.7. The maximum atomic E-state index is 13.0. The molecule has 2 amide bonds. The van der Waals surface area contributed by atoms with Gasteiger partial charge in [0, 0.05) is 18.5 Å². The van der Waals surface area contributed by atoms with E-state index in [1.165, 1.54) is 0 Å². The van der Waals surface area contributed by atoms with Crippen LogP contribution in [0.3, 0.4) is 0 Å². The van der Waals surface area contributed by atoms with Gasteiger partial charge in [0.05, 0.1) is 29.8 Å². The smallest absolute Gasteiger partial charge is 0.245 e. The van der Waals surface area contributed by atoms with Crippen molar-refractivity contribution in [2.24, 2.45) is 5.92 Å². The monoisotopic (exact) mass is 415 g/mol. The molecule has 0 saturated carbocycles. The summed E-state index contributed by atoms with van der Waals surface area (Å²) in [6, 6.07) is 9.04. The number of rotatable bonds is 8. The second-order valence-electron chi connectivity index (χ2n) is 7.82. The average Bonchev–Trinajstić information content (AvgIpc) is 3.33. The fourth-order valence-corrected chi connectivity index (χ4v) is 4.06. The minimum atomic E-state index is -0.522. The highest BCUT2D eigenvalue weighted by atomic mass is 32.1. The van der Waals surface area contributed by atoms with E-state index >= 15 is 0 Å². The molecule has 1 saturated heterocycles. The topological polar surface area (TPSA) is 71.5 Å². The van der Waals surface area contributed by atoms with Gasteiger partial charge in [-0.2, -0.15) is 0 Å². The summed E-state index contributed by atoms with van der Waals surface area (Å²) in [5.41, 5.74) is 1.87. The molecule has 2 unspecified atom stereocenters. The zero-order valence-corrected chi connectivity index (χ0v) is 18.1. The average molecular weight is 416 g/mol. The lowest BCUT2D eigenvalue weighted by Gasteiger charge is -2.27. The van der Waals surface area contributed by atoms with Crippen LogP contribution in [0.5, 0.6) is 0 Å². The van der Waals surface area contributed by atoms with Crippen LogP contribution in [0.2, 0.25) is 0 Å². The van der Waals surface area contributed by atoms with E-state index < -0.39 is 6.04 Å². The van der Waals surface area contributed by atoms with Crippen LogP contribution in [0, 0.1) is 12.8 Å². The van der Waals surface area contributed by atoms with Crippen molar-refractivity contribution in [2.75, 3.05) is 13.1 Å². The van der Waals surface area contributed by atoms with E-state index in [4.69, 9.17) is 4.74 Å². The maximum Gasteiger partial charge on any atom is 0.245 e. The number of carbonyl (C=O) groups excluding carboxylic acids is 2. The van der Waals surface area contributed by atoms with E-state index in [1.54, 1.807) is 11.3 Å². The van der Waals surface area contributed by atoms with Gasteiger partial charge in [0.2, 0.25) is 11.8 Å². The first-order chi connectivity index (χ1) is 13.9. The standard InChI is InChI=1S/C22H29N3O3S/c1-15(2)21(24-20(26)11-17-7-5-4-6-8-17)22(27)25-10-9-19(12-25)28-13-18-14-29-16(3)23-18/h4-8,14-15,19,21H,9-13H2,1-3H3,(H,24,26). The Hall–Kier alpha value is -2.25. The molecule has 0 spiro atoms. The third-order valence-electron chi connectivity index (χ3n) is 5.05. The van der Waals surface area contributed by atoms with Crippen molar-refractivity contribution in [3.05, 3.63) is 52.0 Å². The Bertz CT molecular complexity index is 822. The van der Waals surface area contributed by atoms with Crippen LogP contribution in [0.1, 0.15) is 36.5 Å². The van der Waals surface area contributed by atoms with Crippen molar-refractivity contribution in [3.8, 4) is 0 Å². The van der Waals surface area contributed by atoms with Gasteiger partial charge in [-0.05, 0) is 24.8 Å². The summed E-state index contributed by atoms with van der Waals surface area (Å²) >= 11 is 1.61. The molecule has 1 aliphatic heterocycles. The summed E-state index contributed by atoms with van der Waals surface area (Å²) in [7, 11) is 0. The largest absolute Gasteiger partial charge is 0.370 e. The number of likely N-dealkylation sites (tertiary alicyclic amines) is 1. The highest BCUT2D eigenvalue weighted by molar-refractivity contribution is 7.09. The third kappa shape index (κ3) is 6.11. The molecule has 7 heteroatoms. The lowest BCUT2D eigenvalue weighted by Crippen LogP contribution is -2.51. The van der Waals surface area contributed by atoms with Crippen LogP contribution in [-0.4, -0.2) is 46.9 Å². The van der Waals surface area contributed by atoms with Gasteiger partial charge in [-0.3, -0.25) is 9.59 Å². The number of hydrogen-bond donors (Lipinski definition) is 1. The molecule has 0 aliphatic carbocycles. The van der Waals surface area contributed by atoms with Crippen molar-refractivity contribution in [1.82, 2.24) is 15.2 Å². The Kier molecular flexibility index (Phi) is 7.39. The highest BCUT2D eigenvalue weighted by Crippen LogP contribution is 2.18. The lowest BCUT2D eigenvalue weighted by molar-refractivity contribution is -0.137. The number of ether oxygens (including phenoxy) is 1. The Morgan fingerprint density at radius 3 is 2.72 bits per heavy atom. The number of aryl methyl sites for hydroxylation is 1. The molecule has 3 rings (SSSR count). The van der Waals surface area contributed by atoms with Gasteiger partial charge in [0.1, 0.15) is 6.04 Å². The van der Waals surface area contributed by atoms with E-state index in [2.05, 4.69) is 10.3 Å². The summed E-state index contributed by atoms with van der Waals surface area (Å²) in [5.74, 6) is -0.147. The van der Waals surface area contributed by atoms with Gasteiger partial charge in [-0.25, -0.2) is 4.98 Å². The first-order valence-electron chi connectivity index (χ1n) is 10.1. The minimum absolute atomic E-state index is 0.00814. The lowest BCUT2D eigenvalue weighted by atomic mass is 10.0. The Balaban J connectivity index is 1.51. The number of nitrogens with one attached hydrogen (secondary N) is 1. The zero-order valence-electron chi connectivity index (χ0n) is 17.3. The summed E-state index contributed by atoms with van der Waals surface area (Å²) in [6.07, 6.45) is 1.09. The van der Waals surface area contributed by atoms with Gasteiger partial charge < -0.3 is 15.0 Å². The maximum absolute atomic E-state index is 13.0. The molecule has 1 aromatic heterocycles. The van der Waals surface area contributed by atoms with Crippen molar-refractivity contribution in [2.45, 2.75) is 52.4 Å². The molecule has 0 bridgehead atoms. The molecule has 1 aliphatic rings. The van der Waals surface area contributed by atoms with Crippen LogP contribution in [-0.2, 0) is 27.4 Å². The number of amides is 2. The predicted octanol–water partition coefficient (Wildman–Crippen LogP) is 2.95. The van der Waals surface area contributed by atoms with Crippen LogP contribution in [0.25, 0.3) is 0 Å². The van der Waals surface area contributed by atoms with Crippen molar-refractivity contribution < 1.29 is 14.3 Å². The number of benzene rings is 1. The van der Waals surface area contributed by atoms with Crippen LogP contribution >= 0.6 is 11.3 Å². The number of aromatic nitrogens is 1. The van der Waals surface area contributed by atoms with Gasteiger partial charge >= 0.3 is 0 Å². The molecule has 2 heterocycles. The van der Waals surface area contributed by atoms with Gasteiger partial charge in [0.25, 0.3) is 0 Å². The Morgan fingerprint density at radius 2 is 2.07 bits per heavy atom. The number of nitrogens with zero attached hydrogens (tertiary/aromatic N) is 2. The number of carbonyl (C=O) groups is 2. The van der Waals surface area contributed by atoms with E-state index in [9.17, 15) is 9.59 Å². The summed E-state index contributed by atoms with van der Waals surface area (Å²) < 4.78 is 5.95. The highest BCUT2D eigenvalue weighted by Gasteiger charge is 2.33. The van der Waals surface area contributed by atoms with E-state index in [0.717, 1.165) is 22.7 Å². The molecular weight excluding hydrogens is 386 g/mol. The molecular formula is C22H29N3O3S. The Morgan fingerprint density at radius 1 is 1.31 bits per heavy atom.